The normalized spacial score (nSPS) is 20.4. The Morgan fingerprint density at radius 2 is 2.14 bits per heavy atom. The number of rotatable bonds is 4. The van der Waals surface area contributed by atoms with Crippen LogP contribution in [0.1, 0.15) is 19.8 Å². The Morgan fingerprint density at radius 1 is 1.50 bits per heavy atom. The number of esters is 1. The number of methoxy groups -OCH3 is 1. The third kappa shape index (κ3) is 3.64. The van der Waals surface area contributed by atoms with Gasteiger partial charge in [0.05, 0.1) is 12.5 Å². The molecule has 4 nitrogen and oxygen atoms in total. The third-order valence-corrected chi connectivity index (χ3v) is 2.39. The molecule has 4 heteroatoms. The van der Waals surface area contributed by atoms with Gasteiger partial charge in [-0.05, 0) is 32.9 Å². The van der Waals surface area contributed by atoms with E-state index in [1.54, 1.807) is 7.11 Å². The summed E-state index contributed by atoms with van der Waals surface area (Å²) in [4.78, 5) is 11.6. The minimum absolute atomic E-state index is 0.0731. The minimum atomic E-state index is -0.137. The fourth-order valence-corrected chi connectivity index (χ4v) is 1.62. The molecule has 1 aliphatic rings. The van der Waals surface area contributed by atoms with Crippen LogP contribution in [0.4, 0.5) is 0 Å². The maximum absolute atomic E-state index is 11.6. The average Bonchev–Trinajstić information content (AvgIpc) is 2.19. The number of nitrogens with one attached hydrogen (secondary N) is 1. The van der Waals surface area contributed by atoms with Crippen LogP contribution in [-0.2, 0) is 14.3 Å². The molecular weight excluding hydrogens is 182 g/mol. The molecule has 1 unspecified atom stereocenters. The molecular formula is C10H19NO3. The molecule has 1 heterocycles. The molecule has 0 aromatic rings. The van der Waals surface area contributed by atoms with Gasteiger partial charge in [-0.1, -0.05) is 0 Å². The second kappa shape index (κ2) is 5.98. The highest BCUT2D eigenvalue weighted by Gasteiger charge is 2.23. The Hall–Kier alpha value is -0.610. The zero-order valence-corrected chi connectivity index (χ0v) is 8.91. The first-order valence-corrected chi connectivity index (χ1v) is 5.14. The standard InChI is InChI=1S/C10H19NO3/c1-8(7-13-2)14-10(12)9-3-5-11-6-4-9/h8-9,11H,3-7H2,1-2H3. The van der Waals surface area contributed by atoms with E-state index in [4.69, 9.17) is 9.47 Å². The van der Waals surface area contributed by atoms with Crippen LogP contribution in [-0.4, -0.2) is 38.9 Å². The van der Waals surface area contributed by atoms with Crippen LogP contribution in [0.2, 0.25) is 0 Å². The van der Waals surface area contributed by atoms with Gasteiger partial charge in [-0.25, -0.2) is 0 Å². The Kier molecular flexibility index (Phi) is 4.90. The largest absolute Gasteiger partial charge is 0.460 e. The maximum Gasteiger partial charge on any atom is 0.309 e. The van der Waals surface area contributed by atoms with Crippen molar-refractivity contribution in [2.24, 2.45) is 5.92 Å². The van der Waals surface area contributed by atoms with Gasteiger partial charge < -0.3 is 14.8 Å². The highest BCUT2D eigenvalue weighted by atomic mass is 16.6. The molecule has 1 aliphatic heterocycles. The summed E-state index contributed by atoms with van der Waals surface area (Å²) in [6, 6.07) is 0. The zero-order chi connectivity index (χ0) is 10.4. The van der Waals surface area contributed by atoms with Gasteiger partial charge in [0.2, 0.25) is 0 Å². The van der Waals surface area contributed by atoms with E-state index in [9.17, 15) is 4.79 Å². The predicted octanol–water partition coefficient (Wildman–Crippen LogP) is 0.564. The summed E-state index contributed by atoms with van der Waals surface area (Å²) in [7, 11) is 1.61. The van der Waals surface area contributed by atoms with Crippen molar-refractivity contribution < 1.29 is 14.3 Å². The molecule has 0 bridgehead atoms. The van der Waals surface area contributed by atoms with Gasteiger partial charge in [-0.3, -0.25) is 4.79 Å². The molecule has 0 aromatic heterocycles. The number of carbonyl (C=O) groups excluding carboxylic acids is 1. The van der Waals surface area contributed by atoms with Crippen LogP contribution in [0.3, 0.4) is 0 Å². The Labute approximate surface area is 85.0 Å². The SMILES string of the molecule is COCC(C)OC(=O)C1CCNCC1. The first-order chi connectivity index (χ1) is 6.74. The number of ether oxygens (including phenoxy) is 2. The molecule has 14 heavy (non-hydrogen) atoms. The van der Waals surface area contributed by atoms with Crippen LogP contribution in [0.15, 0.2) is 0 Å². The van der Waals surface area contributed by atoms with E-state index in [0.29, 0.717) is 6.61 Å². The summed E-state index contributed by atoms with van der Waals surface area (Å²) in [5, 5.41) is 3.22. The van der Waals surface area contributed by atoms with Gasteiger partial charge in [0.25, 0.3) is 0 Å². The molecule has 82 valence electrons. The highest BCUT2D eigenvalue weighted by molar-refractivity contribution is 5.72. The van der Waals surface area contributed by atoms with Gasteiger partial charge in [0.1, 0.15) is 6.10 Å². The van der Waals surface area contributed by atoms with Gasteiger partial charge in [0.15, 0.2) is 0 Å². The summed E-state index contributed by atoms with van der Waals surface area (Å²) in [6.45, 7) is 4.15. The lowest BCUT2D eigenvalue weighted by atomic mass is 9.98. The van der Waals surface area contributed by atoms with Crippen molar-refractivity contribution in [3.63, 3.8) is 0 Å². The summed E-state index contributed by atoms with van der Waals surface area (Å²) >= 11 is 0. The Bertz CT molecular complexity index is 178. The highest BCUT2D eigenvalue weighted by Crippen LogP contribution is 2.14. The lowest BCUT2D eigenvalue weighted by Crippen LogP contribution is -2.34. The summed E-state index contributed by atoms with van der Waals surface area (Å²) in [5.74, 6) is 0.00612. The zero-order valence-electron chi connectivity index (χ0n) is 8.91. The van der Waals surface area contributed by atoms with Crippen molar-refractivity contribution in [3.05, 3.63) is 0 Å². The van der Waals surface area contributed by atoms with Gasteiger partial charge >= 0.3 is 5.97 Å². The van der Waals surface area contributed by atoms with E-state index >= 15 is 0 Å². The molecule has 1 N–H and O–H groups in total. The number of hydrogen-bond acceptors (Lipinski definition) is 4. The van der Waals surface area contributed by atoms with Crippen LogP contribution in [0, 0.1) is 5.92 Å². The van der Waals surface area contributed by atoms with Crippen LogP contribution in [0.25, 0.3) is 0 Å². The van der Waals surface area contributed by atoms with Crippen molar-refractivity contribution in [3.8, 4) is 0 Å². The summed E-state index contributed by atoms with van der Waals surface area (Å²) in [5.41, 5.74) is 0. The Morgan fingerprint density at radius 3 is 2.71 bits per heavy atom. The van der Waals surface area contributed by atoms with Crippen LogP contribution < -0.4 is 5.32 Å². The fraction of sp³-hybridized carbons (Fsp3) is 0.900. The average molecular weight is 201 g/mol. The molecule has 1 rings (SSSR count). The molecule has 0 aromatic carbocycles. The molecule has 0 amide bonds. The summed E-state index contributed by atoms with van der Waals surface area (Å²) in [6.07, 6.45) is 1.64. The van der Waals surface area contributed by atoms with Crippen LogP contribution >= 0.6 is 0 Å². The lowest BCUT2D eigenvalue weighted by Gasteiger charge is -2.22. The van der Waals surface area contributed by atoms with E-state index in [0.717, 1.165) is 25.9 Å². The first kappa shape index (κ1) is 11.5. The van der Waals surface area contributed by atoms with E-state index in [1.165, 1.54) is 0 Å². The molecule has 0 radical (unpaired) electrons. The van der Waals surface area contributed by atoms with Crippen molar-refractivity contribution in [1.29, 1.82) is 0 Å². The van der Waals surface area contributed by atoms with E-state index in [2.05, 4.69) is 5.32 Å². The van der Waals surface area contributed by atoms with Gasteiger partial charge in [-0.2, -0.15) is 0 Å². The van der Waals surface area contributed by atoms with Gasteiger partial charge in [-0.15, -0.1) is 0 Å². The third-order valence-electron chi connectivity index (χ3n) is 2.39. The Balaban J connectivity index is 2.25. The van der Waals surface area contributed by atoms with Crippen LogP contribution in [0.5, 0.6) is 0 Å². The lowest BCUT2D eigenvalue weighted by molar-refractivity contribution is -0.156. The predicted molar refractivity (Wildman–Crippen MR) is 53.0 cm³/mol. The molecule has 0 spiro atoms. The topological polar surface area (TPSA) is 47.6 Å². The molecule has 0 saturated carbocycles. The smallest absolute Gasteiger partial charge is 0.309 e. The number of piperidine rings is 1. The van der Waals surface area contributed by atoms with Gasteiger partial charge in [0, 0.05) is 7.11 Å². The van der Waals surface area contributed by atoms with Crippen molar-refractivity contribution in [2.75, 3.05) is 26.8 Å². The maximum atomic E-state index is 11.6. The van der Waals surface area contributed by atoms with Crippen molar-refractivity contribution in [2.45, 2.75) is 25.9 Å². The molecule has 0 aliphatic carbocycles. The monoisotopic (exact) mass is 201 g/mol. The molecule has 1 atom stereocenters. The first-order valence-electron chi connectivity index (χ1n) is 5.14. The van der Waals surface area contributed by atoms with E-state index < -0.39 is 0 Å². The number of hydrogen-bond donors (Lipinski definition) is 1. The second-order valence-corrected chi connectivity index (χ2v) is 3.73. The second-order valence-electron chi connectivity index (χ2n) is 3.73. The van der Waals surface area contributed by atoms with Crippen molar-refractivity contribution in [1.82, 2.24) is 5.32 Å². The quantitative estimate of drug-likeness (QED) is 0.675. The number of carbonyl (C=O) groups is 1. The van der Waals surface area contributed by atoms with E-state index in [-0.39, 0.29) is 18.0 Å². The van der Waals surface area contributed by atoms with Crippen molar-refractivity contribution >= 4 is 5.97 Å². The van der Waals surface area contributed by atoms with E-state index in [1.807, 2.05) is 6.92 Å². The minimum Gasteiger partial charge on any atom is -0.460 e. The summed E-state index contributed by atoms with van der Waals surface area (Å²) < 4.78 is 10.1. The molecule has 1 saturated heterocycles. The fourth-order valence-electron chi connectivity index (χ4n) is 1.62. The molecule has 1 fully saturated rings.